The Labute approximate surface area is 100 Å². The molecule has 1 aromatic carbocycles. The van der Waals surface area contributed by atoms with E-state index < -0.39 is 0 Å². The highest BCUT2D eigenvalue weighted by Crippen LogP contribution is 2.18. The van der Waals surface area contributed by atoms with E-state index in [0.29, 0.717) is 0 Å². The van der Waals surface area contributed by atoms with Crippen LogP contribution in [0.2, 0.25) is 0 Å². The third-order valence-corrected chi connectivity index (χ3v) is 3.29. The number of nitrogens with two attached hydrogens (primary N) is 1. The zero-order valence-corrected chi connectivity index (χ0v) is 10.2. The van der Waals surface area contributed by atoms with E-state index in [2.05, 4.69) is 36.2 Å². The van der Waals surface area contributed by atoms with E-state index >= 15 is 0 Å². The van der Waals surface area contributed by atoms with Crippen molar-refractivity contribution in [1.82, 2.24) is 4.98 Å². The van der Waals surface area contributed by atoms with Crippen molar-refractivity contribution in [2.75, 3.05) is 0 Å². The van der Waals surface area contributed by atoms with Gasteiger partial charge in [0.25, 0.3) is 0 Å². The Morgan fingerprint density at radius 2 is 2.00 bits per heavy atom. The van der Waals surface area contributed by atoms with Crippen molar-refractivity contribution in [2.24, 2.45) is 5.73 Å². The van der Waals surface area contributed by atoms with Crippen LogP contribution in [0.1, 0.15) is 17.4 Å². The van der Waals surface area contributed by atoms with Crippen molar-refractivity contribution in [1.29, 1.82) is 0 Å². The molecule has 0 saturated heterocycles. The fourth-order valence-corrected chi connectivity index (χ4v) is 2.64. The molecular weight excluding hydrogens is 216 g/mol. The first-order chi connectivity index (χ1) is 7.66. The number of benzene rings is 1. The predicted octanol–water partition coefficient (Wildman–Crippen LogP) is 2.65. The number of thiazole rings is 1. The molecule has 1 unspecified atom stereocenters. The normalized spacial score (nSPS) is 14.6. The summed E-state index contributed by atoms with van der Waals surface area (Å²) in [6.07, 6.45) is 3.68. The Morgan fingerprint density at radius 3 is 2.62 bits per heavy atom. The molecule has 1 atom stereocenters. The monoisotopic (exact) mass is 232 g/mol. The molecule has 0 aliphatic rings. The quantitative estimate of drug-likeness (QED) is 0.880. The Balaban J connectivity index is 2.03. The van der Waals surface area contributed by atoms with Gasteiger partial charge < -0.3 is 5.73 Å². The molecular formula is C13H16N2S. The molecule has 16 heavy (non-hydrogen) atoms. The van der Waals surface area contributed by atoms with Gasteiger partial charge in [0.1, 0.15) is 0 Å². The first-order valence-corrected chi connectivity index (χ1v) is 6.24. The van der Waals surface area contributed by atoms with E-state index in [1.807, 2.05) is 17.8 Å². The minimum atomic E-state index is -0.201. The van der Waals surface area contributed by atoms with Crippen molar-refractivity contribution in [3.8, 4) is 0 Å². The van der Waals surface area contributed by atoms with Gasteiger partial charge in [-0.1, -0.05) is 30.3 Å². The highest BCUT2D eigenvalue weighted by Gasteiger charge is 2.20. The van der Waals surface area contributed by atoms with E-state index in [9.17, 15) is 0 Å². The minimum absolute atomic E-state index is 0.201. The summed E-state index contributed by atoms with van der Waals surface area (Å²) in [5.74, 6) is 0. The van der Waals surface area contributed by atoms with E-state index in [4.69, 9.17) is 5.73 Å². The van der Waals surface area contributed by atoms with Crippen LogP contribution in [-0.2, 0) is 12.8 Å². The molecule has 0 saturated carbocycles. The van der Waals surface area contributed by atoms with E-state index in [1.54, 1.807) is 11.3 Å². The molecule has 0 aliphatic heterocycles. The Bertz CT molecular complexity index is 420. The lowest BCUT2D eigenvalue weighted by Crippen LogP contribution is -2.40. The van der Waals surface area contributed by atoms with Crippen molar-refractivity contribution in [3.63, 3.8) is 0 Å². The number of rotatable bonds is 4. The third-order valence-electron chi connectivity index (χ3n) is 2.51. The molecule has 0 amide bonds. The molecule has 3 heteroatoms. The average molecular weight is 232 g/mol. The molecule has 0 spiro atoms. The molecule has 1 heterocycles. The van der Waals surface area contributed by atoms with Gasteiger partial charge in [0.15, 0.2) is 0 Å². The number of hydrogen-bond acceptors (Lipinski definition) is 3. The van der Waals surface area contributed by atoms with Crippen molar-refractivity contribution in [2.45, 2.75) is 25.3 Å². The van der Waals surface area contributed by atoms with Crippen LogP contribution < -0.4 is 5.73 Å². The maximum Gasteiger partial charge on any atom is 0.0794 e. The van der Waals surface area contributed by atoms with Gasteiger partial charge in [-0.3, -0.25) is 4.98 Å². The van der Waals surface area contributed by atoms with Crippen molar-refractivity contribution in [3.05, 3.63) is 52.5 Å². The molecule has 84 valence electrons. The number of nitrogens with zero attached hydrogens (tertiary/aromatic N) is 1. The fourth-order valence-electron chi connectivity index (χ4n) is 1.85. The zero-order valence-electron chi connectivity index (χ0n) is 9.39. The predicted molar refractivity (Wildman–Crippen MR) is 68.6 cm³/mol. The molecule has 0 radical (unpaired) electrons. The Hall–Kier alpha value is -1.19. The van der Waals surface area contributed by atoms with Gasteiger partial charge in [-0.05, 0) is 18.9 Å². The molecule has 2 nitrogen and oxygen atoms in total. The summed E-state index contributed by atoms with van der Waals surface area (Å²) in [6.45, 7) is 2.10. The molecule has 1 aromatic heterocycles. The fraction of sp³-hybridized carbons (Fsp3) is 0.308. The van der Waals surface area contributed by atoms with Gasteiger partial charge >= 0.3 is 0 Å². The first kappa shape index (κ1) is 11.3. The molecule has 2 rings (SSSR count). The summed E-state index contributed by atoms with van der Waals surface area (Å²) in [7, 11) is 0. The van der Waals surface area contributed by atoms with Crippen LogP contribution >= 0.6 is 11.3 Å². The van der Waals surface area contributed by atoms with E-state index in [0.717, 1.165) is 12.8 Å². The number of hydrogen-bond donors (Lipinski definition) is 1. The largest absolute Gasteiger partial charge is 0.325 e. The van der Waals surface area contributed by atoms with Gasteiger partial charge in [0, 0.05) is 23.0 Å². The highest BCUT2D eigenvalue weighted by molar-refractivity contribution is 7.09. The lowest BCUT2D eigenvalue weighted by Gasteiger charge is -2.23. The van der Waals surface area contributed by atoms with Gasteiger partial charge in [-0.25, -0.2) is 0 Å². The van der Waals surface area contributed by atoms with Crippen LogP contribution in [0.5, 0.6) is 0 Å². The number of aromatic nitrogens is 1. The topological polar surface area (TPSA) is 38.9 Å². The maximum atomic E-state index is 6.32. The maximum absolute atomic E-state index is 6.32. The van der Waals surface area contributed by atoms with Crippen LogP contribution in [0.3, 0.4) is 0 Å². The van der Waals surface area contributed by atoms with Crippen molar-refractivity contribution >= 4 is 11.3 Å². The van der Waals surface area contributed by atoms with Gasteiger partial charge in [-0.15, -0.1) is 11.3 Å². The minimum Gasteiger partial charge on any atom is -0.325 e. The summed E-state index contributed by atoms with van der Waals surface area (Å²) in [5.41, 5.74) is 9.26. The summed E-state index contributed by atoms with van der Waals surface area (Å²) >= 11 is 1.67. The first-order valence-electron chi connectivity index (χ1n) is 5.36. The van der Waals surface area contributed by atoms with Crippen LogP contribution in [-0.4, -0.2) is 10.5 Å². The third kappa shape index (κ3) is 3.15. The summed E-state index contributed by atoms with van der Waals surface area (Å²) in [4.78, 5) is 5.33. The molecule has 0 fully saturated rings. The summed E-state index contributed by atoms with van der Waals surface area (Å²) < 4.78 is 0. The van der Waals surface area contributed by atoms with Gasteiger partial charge in [0.05, 0.1) is 5.51 Å². The molecule has 0 bridgehead atoms. The lowest BCUT2D eigenvalue weighted by molar-refractivity contribution is 0.466. The van der Waals surface area contributed by atoms with Crippen LogP contribution in [0.4, 0.5) is 0 Å². The van der Waals surface area contributed by atoms with E-state index in [1.165, 1.54) is 10.4 Å². The van der Waals surface area contributed by atoms with Crippen LogP contribution in [0.25, 0.3) is 0 Å². The van der Waals surface area contributed by atoms with E-state index in [-0.39, 0.29) is 5.54 Å². The van der Waals surface area contributed by atoms with Gasteiger partial charge in [-0.2, -0.15) is 0 Å². The SMILES string of the molecule is CC(N)(Cc1ccccc1)Cc1cncs1. The second kappa shape index (κ2) is 4.76. The second-order valence-corrected chi connectivity index (χ2v) is 5.43. The lowest BCUT2D eigenvalue weighted by atomic mass is 9.90. The summed E-state index contributed by atoms with van der Waals surface area (Å²) in [6, 6.07) is 10.4. The molecule has 2 N–H and O–H groups in total. The van der Waals surface area contributed by atoms with Crippen LogP contribution in [0.15, 0.2) is 42.0 Å². The van der Waals surface area contributed by atoms with Crippen molar-refractivity contribution < 1.29 is 0 Å². The molecule has 2 aromatic rings. The zero-order chi connectivity index (χ0) is 11.4. The average Bonchev–Trinajstić information content (AvgIpc) is 2.70. The summed E-state index contributed by atoms with van der Waals surface area (Å²) in [5, 5.41) is 0. The standard InChI is InChI=1S/C13H16N2S/c1-13(14,8-12-9-15-10-16-12)7-11-5-3-2-4-6-11/h2-6,9-10H,7-8,14H2,1H3. The Kier molecular flexibility index (Phi) is 3.36. The van der Waals surface area contributed by atoms with Crippen LogP contribution in [0, 0.1) is 0 Å². The highest BCUT2D eigenvalue weighted by atomic mass is 32.1. The smallest absolute Gasteiger partial charge is 0.0794 e. The van der Waals surface area contributed by atoms with Gasteiger partial charge in [0.2, 0.25) is 0 Å². The molecule has 0 aliphatic carbocycles. The second-order valence-electron chi connectivity index (χ2n) is 4.46. The Morgan fingerprint density at radius 1 is 1.25 bits per heavy atom.